The van der Waals surface area contributed by atoms with Crippen molar-refractivity contribution in [3.63, 3.8) is 0 Å². The van der Waals surface area contributed by atoms with Gasteiger partial charge in [-0.05, 0) is 43.8 Å². The van der Waals surface area contributed by atoms with Crippen LogP contribution in [0.4, 0.5) is 0 Å². The van der Waals surface area contributed by atoms with Crippen LogP contribution in [0.5, 0.6) is 0 Å². The van der Waals surface area contributed by atoms with Gasteiger partial charge in [0.15, 0.2) is 5.11 Å². The Bertz CT molecular complexity index is 850. The molecular formula is C19H21N5S. The van der Waals surface area contributed by atoms with Gasteiger partial charge in [0, 0.05) is 6.04 Å². The van der Waals surface area contributed by atoms with E-state index in [1.54, 1.807) is 0 Å². The Morgan fingerprint density at radius 3 is 2.56 bits per heavy atom. The number of H-pyrrole nitrogens is 1. The summed E-state index contributed by atoms with van der Waals surface area (Å²) in [6.07, 6.45) is 0.579. The minimum atomic E-state index is 0.255. The summed E-state index contributed by atoms with van der Waals surface area (Å²) in [5.41, 5.74) is 6.81. The number of imidazole rings is 1. The molecular weight excluding hydrogens is 330 g/mol. The van der Waals surface area contributed by atoms with Gasteiger partial charge in [-0.2, -0.15) is 5.10 Å². The fourth-order valence-corrected chi connectivity index (χ4v) is 2.78. The Balaban J connectivity index is 1.84. The predicted octanol–water partition coefficient (Wildman–Crippen LogP) is 3.38. The Kier molecular flexibility index (Phi) is 5.40. The minimum Gasteiger partial charge on any atom is -0.359 e. The van der Waals surface area contributed by atoms with Crippen LogP contribution in [0.1, 0.15) is 25.2 Å². The molecule has 0 unspecified atom stereocenters. The topological polar surface area (TPSA) is 65.1 Å². The summed E-state index contributed by atoms with van der Waals surface area (Å²) >= 11 is 5.26. The van der Waals surface area contributed by atoms with Crippen LogP contribution < -0.4 is 10.7 Å². The van der Waals surface area contributed by atoms with Gasteiger partial charge in [-0.1, -0.05) is 42.5 Å². The number of fused-ring (bicyclic) bond motifs is 1. The third kappa shape index (κ3) is 4.64. The largest absolute Gasteiger partial charge is 0.359 e. The number of nitrogens with one attached hydrogen (secondary N) is 3. The fraction of sp³-hybridized carbons (Fsp3) is 0.211. The number of hydrogen-bond donors (Lipinski definition) is 3. The molecule has 0 aliphatic rings. The van der Waals surface area contributed by atoms with E-state index in [4.69, 9.17) is 12.2 Å². The molecule has 3 aromatic rings. The number of aromatic nitrogens is 2. The second-order valence-corrected chi connectivity index (χ2v) is 6.45. The first-order chi connectivity index (χ1) is 12.1. The van der Waals surface area contributed by atoms with Gasteiger partial charge in [0.25, 0.3) is 0 Å². The average Bonchev–Trinajstić information content (AvgIpc) is 3.01. The van der Waals surface area contributed by atoms with Gasteiger partial charge in [-0.25, -0.2) is 4.98 Å². The summed E-state index contributed by atoms with van der Waals surface area (Å²) in [4.78, 5) is 7.99. The molecule has 0 amide bonds. The van der Waals surface area contributed by atoms with Crippen LogP contribution in [-0.2, 0) is 6.42 Å². The van der Waals surface area contributed by atoms with E-state index in [0.29, 0.717) is 11.5 Å². The van der Waals surface area contributed by atoms with Crippen molar-refractivity contribution >= 4 is 34.1 Å². The highest BCUT2D eigenvalue weighted by Gasteiger charge is 2.09. The molecule has 5 nitrogen and oxygen atoms in total. The second-order valence-electron chi connectivity index (χ2n) is 6.04. The van der Waals surface area contributed by atoms with E-state index in [1.807, 2.05) is 68.4 Å². The summed E-state index contributed by atoms with van der Waals surface area (Å²) in [5, 5.41) is 8.15. The third-order valence-corrected chi connectivity index (χ3v) is 3.80. The molecule has 6 heteroatoms. The molecule has 0 fully saturated rings. The first-order valence-corrected chi connectivity index (χ1v) is 8.65. The van der Waals surface area contributed by atoms with Gasteiger partial charge in [-0.15, -0.1) is 0 Å². The molecule has 3 N–H and O–H groups in total. The van der Waals surface area contributed by atoms with E-state index in [-0.39, 0.29) is 6.04 Å². The first-order valence-electron chi connectivity index (χ1n) is 8.24. The van der Waals surface area contributed by atoms with Gasteiger partial charge in [0.2, 0.25) is 0 Å². The smallest absolute Gasteiger partial charge is 0.187 e. The van der Waals surface area contributed by atoms with Crippen LogP contribution in [0, 0.1) is 0 Å². The number of thiocarbonyl (C=S) groups is 1. The number of nitrogens with zero attached hydrogens (tertiary/aromatic N) is 2. The maximum Gasteiger partial charge on any atom is 0.187 e. The van der Waals surface area contributed by atoms with E-state index in [9.17, 15) is 0 Å². The number of hydrazone groups is 1. The average molecular weight is 351 g/mol. The monoisotopic (exact) mass is 351 g/mol. The molecule has 1 aromatic heterocycles. The van der Waals surface area contributed by atoms with E-state index in [1.165, 1.54) is 0 Å². The van der Waals surface area contributed by atoms with Gasteiger partial charge in [0.1, 0.15) is 5.82 Å². The zero-order chi connectivity index (χ0) is 17.6. The lowest BCUT2D eigenvalue weighted by molar-refractivity contribution is 0.719. The van der Waals surface area contributed by atoms with Crippen LogP contribution >= 0.6 is 12.2 Å². The van der Waals surface area contributed by atoms with Gasteiger partial charge >= 0.3 is 0 Å². The van der Waals surface area contributed by atoms with Crippen molar-refractivity contribution in [3.05, 3.63) is 66.0 Å². The fourth-order valence-electron chi connectivity index (χ4n) is 2.50. The maximum atomic E-state index is 5.26. The Labute approximate surface area is 152 Å². The van der Waals surface area contributed by atoms with Crippen molar-refractivity contribution in [1.82, 2.24) is 20.7 Å². The van der Waals surface area contributed by atoms with Gasteiger partial charge < -0.3 is 10.3 Å². The maximum absolute atomic E-state index is 5.26. The van der Waals surface area contributed by atoms with Crippen molar-refractivity contribution in [2.75, 3.05) is 0 Å². The molecule has 0 atom stereocenters. The summed E-state index contributed by atoms with van der Waals surface area (Å²) in [7, 11) is 0. The second kappa shape index (κ2) is 7.90. The highest BCUT2D eigenvalue weighted by Crippen LogP contribution is 2.13. The summed E-state index contributed by atoms with van der Waals surface area (Å²) in [6, 6.07) is 18.3. The van der Waals surface area contributed by atoms with Gasteiger partial charge in [0.05, 0.1) is 23.2 Å². The highest BCUT2D eigenvalue weighted by molar-refractivity contribution is 7.80. The molecule has 3 rings (SSSR count). The summed E-state index contributed by atoms with van der Waals surface area (Å²) in [5.74, 6) is 0.869. The predicted molar refractivity (Wildman–Crippen MR) is 107 cm³/mol. The Morgan fingerprint density at radius 1 is 1.12 bits per heavy atom. The number of benzene rings is 2. The normalized spacial score (nSPS) is 11.7. The van der Waals surface area contributed by atoms with Crippen LogP contribution in [0.15, 0.2) is 59.7 Å². The van der Waals surface area contributed by atoms with Crippen LogP contribution in [0.3, 0.4) is 0 Å². The Hall–Kier alpha value is -2.73. The SMILES string of the molecule is CC(C)NC(=S)NN=C(Cc1nc2ccccc2[nH]1)c1ccccc1. The Morgan fingerprint density at radius 2 is 1.84 bits per heavy atom. The van der Waals surface area contributed by atoms with E-state index in [0.717, 1.165) is 28.1 Å². The van der Waals surface area contributed by atoms with E-state index in [2.05, 4.69) is 25.8 Å². The van der Waals surface area contributed by atoms with Crippen molar-refractivity contribution < 1.29 is 0 Å². The minimum absolute atomic E-state index is 0.255. The van der Waals surface area contributed by atoms with E-state index >= 15 is 0 Å². The number of rotatable bonds is 5. The van der Waals surface area contributed by atoms with E-state index < -0.39 is 0 Å². The van der Waals surface area contributed by atoms with Crippen molar-refractivity contribution in [1.29, 1.82) is 0 Å². The summed E-state index contributed by atoms with van der Waals surface area (Å²) < 4.78 is 0. The molecule has 25 heavy (non-hydrogen) atoms. The van der Waals surface area contributed by atoms with Crippen molar-refractivity contribution in [2.45, 2.75) is 26.3 Å². The lowest BCUT2D eigenvalue weighted by Crippen LogP contribution is -2.37. The van der Waals surface area contributed by atoms with Crippen LogP contribution in [0.2, 0.25) is 0 Å². The molecule has 0 radical (unpaired) electrons. The molecule has 0 saturated heterocycles. The molecule has 0 saturated carbocycles. The van der Waals surface area contributed by atoms with Crippen LogP contribution in [-0.4, -0.2) is 26.8 Å². The highest BCUT2D eigenvalue weighted by atomic mass is 32.1. The molecule has 2 aromatic carbocycles. The zero-order valence-electron chi connectivity index (χ0n) is 14.3. The molecule has 0 aliphatic carbocycles. The molecule has 0 aliphatic heterocycles. The molecule has 0 bridgehead atoms. The van der Waals surface area contributed by atoms with Crippen molar-refractivity contribution in [3.8, 4) is 0 Å². The first kappa shape index (κ1) is 17.1. The standard InChI is InChI=1S/C19H21N5S/c1-13(2)20-19(25)24-23-17(14-8-4-3-5-9-14)12-18-21-15-10-6-7-11-16(15)22-18/h3-11,13H,12H2,1-2H3,(H,21,22)(H2,20,24,25). The third-order valence-electron chi connectivity index (χ3n) is 3.59. The number of aromatic amines is 1. The number of hydrogen-bond acceptors (Lipinski definition) is 3. The lowest BCUT2D eigenvalue weighted by Gasteiger charge is -2.11. The van der Waals surface area contributed by atoms with Crippen LogP contribution in [0.25, 0.3) is 11.0 Å². The number of para-hydroxylation sites is 2. The zero-order valence-corrected chi connectivity index (χ0v) is 15.1. The molecule has 1 heterocycles. The summed E-state index contributed by atoms with van der Waals surface area (Å²) in [6.45, 7) is 4.06. The van der Waals surface area contributed by atoms with Crippen molar-refractivity contribution in [2.24, 2.45) is 5.10 Å². The lowest BCUT2D eigenvalue weighted by atomic mass is 10.1. The molecule has 128 valence electrons. The van der Waals surface area contributed by atoms with Gasteiger partial charge in [-0.3, -0.25) is 5.43 Å². The molecule has 0 spiro atoms. The quantitative estimate of drug-likeness (QED) is 0.375.